The molecule has 0 saturated carbocycles. The summed E-state index contributed by atoms with van der Waals surface area (Å²) >= 11 is 2.92. The predicted octanol–water partition coefficient (Wildman–Crippen LogP) is 12.2. The number of allylic oxidation sites excluding steroid dienone is 8. The third-order valence-corrected chi connectivity index (χ3v) is 15.3. The fourth-order valence-corrected chi connectivity index (χ4v) is 10.4. The first-order valence-corrected chi connectivity index (χ1v) is 27.4. The topological polar surface area (TPSA) is 0 Å². The standard InChI is InChI=1S/2C15H13.2C13H10.2C7H9.2ClH.2Zr/c2*1-10-3-5-14-12(7-10)9-13-8-11(2)4-6-15(13)14;2*1-3-7-12(8-4-1)11-13-9-5-2-6-10-13;2*1-6-3-4-7(2)5-6;;;;/h2*3-9H,1-2H3;2*1-10H;2*3-4,6H,1-2H3;2*1H;;/q2*-1;;;2*-1;;;2*+2/p-2. The molecule has 0 fully saturated rings. The zero-order chi connectivity index (χ0) is 51.0. The molecule has 2 aliphatic rings. The number of hydrogen-bond acceptors (Lipinski definition) is 0. The fraction of sp³-hybridized carbons (Fsp3) is 0.143. The van der Waals surface area contributed by atoms with E-state index in [0.717, 1.165) is 0 Å². The molecule has 0 N–H and O–H groups in total. The van der Waals surface area contributed by atoms with E-state index in [1.54, 1.807) is 0 Å². The number of halogens is 2. The molecule has 0 aromatic heterocycles. The Morgan fingerprint density at radius 1 is 0.351 bits per heavy atom. The van der Waals surface area contributed by atoms with Crippen molar-refractivity contribution in [1.29, 1.82) is 0 Å². The molecule has 12 rings (SSSR count). The van der Waals surface area contributed by atoms with Gasteiger partial charge in [-0.05, 0) is 27.7 Å². The second-order valence-corrected chi connectivity index (χ2v) is 21.3. The Kier molecular flexibility index (Phi) is 23.8. The third kappa shape index (κ3) is 17.3. The Hall–Kier alpha value is -5.45. The van der Waals surface area contributed by atoms with Crippen molar-refractivity contribution in [2.45, 2.75) is 55.4 Å². The van der Waals surface area contributed by atoms with Crippen LogP contribution in [0.1, 0.15) is 72.2 Å². The second kappa shape index (κ2) is 29.6. The normalized spacial score (nSPS) is 13.7. The van der Waals surface area contributed by atoms with Gasteiger partial charge < -0.3 is 24.8 Å². The first-order valence-electron chi connectivity index (χ1n) is 24.9. The van der Waals surface area contributed by atoms with Gasteiger partial charge in [-0.1, -0.05) is 110 Å². The average molecular weight is 1160 g/mol. The van der Waals surface area contributed by atoms with Crippen LogP contribution in [0, 0.1) is 51.7 Å². The van der Waals surface area contributed by atoms with Gasteiger partial charge in [0.15, 0.2) is 0 Å². The second-order valence-electron chi connectivity index (χ2n) is 18.8. The minimum absolute atomic E-state index is 0. The summed E-state index contributed by atoms with van der Waals surface area (Å²) in [6.07, 6.45) is 14.9. The summed E-state index contributed by atoms with van der Waals surface area (Å²) in [6, 6.07) is 73.4. The molecule has 74 heavy (non-hydrogen) atoms. The van der Waals surface area contributed by atoms with E-state index in [0.29, 0.717) is 11.8 Å². The number of rotatable bonds is 4. The molecule has 0 saturated heterocycles. The van der Waals surface area contributed by atoms with Crippen LogP contribution in [0.15, 0.2) is 242 Å². The van der Waals surface area contributed by atoms with Gasteiger partial charge in [-0.2, -0.15) is 12.2 Å². The van der Waals surface area contributed by atoms with Crippen molar-refractivity contribution in [3.63, 3.8) is 0 Å². The fourth-order valence-electron chi connectivity index (χ4n) is 8.76. The average Bonchev–Trinajstić information content (AvgIpc) is 4.18. The number of benzene rings is 8. The number of aryl methyl sites for hydroxylation is 4. The summed E-state index contributed by atoms with van der Waals surface area (Å²) in [4.78, 5) is 0. The third-order valence-electron chi connectivity index (χ3n) is 12.5. The van der Waals surface area contributed by atoms with Crippen molar-refractivity contribution in [3.05, 3.63) is 298 Å². The minimum atomic E-state index is 0. The van der Waals surface area contributed by atoms with E-state index >= 15 is 0 Å². The van der Waals surface area contributed by atoms with Gasteiger partial charge in [0, 0.05) is 0 Å². The molecule has 0 nitrogen and oxygen atoms in total. The molecule has 2 unspecified atom stereocenters. The summed E-state index contributed by atoms with van der Waals surface area (Å²) in [5.74, 6) is 1.11. The zero-order valence-electron chi connectivity index (χ0n) is 43.8. The molecule has 0 radical (unpaired) electrons. The van der Waals surface area contributed by atoms with Crippen molar-refractivity contribution >= 4 is 49.5 Å². The van der Waals surface area contributed by atoms with Crippen LogP contribution < -0.4 is 24.8 Å². The maximum atomic E-state index is 3.22. The molecule has 10 aromatic rings. The van der Waals surface area contributed by atoms with Crippen LogP contribution in [0.2, 0.25) is 0 Å². The van der Waals surface area contributed by atoms with Gasteiger partial charge in [0.1, 0.15) is 0 Å². The van der Waals surface area contributed by atoms with E-state index in [-0.39, 0.29) is 24.8 Å². The van der Waals surface area contributed by atoms with E-state index < -0.39 is 0 Å². The van der Waals surface area contributed by atoms with Gasteiger partial charge in [0.2, 0.25) is 0 Å². The predicted molar refractivity (Wildman–Crippen MR) is 307 cm³/mol. The Balaban J connectivity index is 0.000000167. The Labute approximate surface area is 483 Å². The van der Waals surface area contributed by atoms with Crippen molar-refractivity contribution in [2.24, 2.45) is 11.8 Å². The molecule has 0 amide bonds. The van der Waals surface area contributed by atoms with Gasteiger partial charge in [0.25, 0.3) is 0 Å². The van der Waals surface area contributed by atoms with E-state index in [1.807, 2.05) is 0 Å². The van der Waals surface area contributed by atoms with E-state index in [2.05, 4.69) is 298 Å². The molecular formula is C70H64Cl2Zr2-2. The molecule has 2 atom stereocenters. The molecule has 0 bridgehead atoms. The Morgan fingerprint density at radius 2 is 0.581 bits per heavy atom. The van der Waals surface area contributed by atoms with Crippen molar-refractivity contribution in [2.75, 3.05) is 0 Å². The number of fused-ring (bicyclic) bond motifs is 6. The van der Waals surface area contributed by atoms with E-state index in [4.69, 9.17) is 0 Å². The number of hydrogen-bond donors (Lipinski definition) is 0. The van der Waals surface area contributed by atoms with E-state index in [9.17, 15) is 0 Å². The summed E-state index contributed by atoms with van der Waals surface area (Å²) < 4.78 is 2.83. The summed E-state index contributed by atoms with van der Waals surface area (Å²) in [5, 5.41) is 10.9. The first-order chi connectivity index (χ1) is 34.8. The van der Waals surface area contributed by atoms with Crippen LogP contribution in [0.5, 0.6) is 0 Å². The van der Waals surface area contributed by atoms with Crippen molar-refractivity contribution in [1.82, 2.24) is 0 Å². The summed E-state index contributed by atoms with van der Waals surface area (Å²) in [6.45, 7) is 17.0. The molecule has 4 heteroatoms. The molecule has 0 aliphatic heterocycles. The van der Waals surface area contributed by atoms with E-state index in [1.165, 1.54) is 154 Å². The summed E-state index contributed by atoms with van der Waals surface area (Å²) in [5.41, 5.74) is 13.2. The molecule has 0 heterocycles. The van der Waals surface area contributed by atoms with Crippen LogP contribution in [0.3, 0.4) is 0 Å². The van der Waals surface area contributed by atoms with Crippen molar-refractivity contribution < 1.29 is 73.3 Å². The van der Waals surface area contributed by atoms with Crippen LogP contribution in [0.4, 0.5) is 0 Å². The molecule has 10 aromatic carbocycles. The Bertz CT molecular complexity index is 3080. The monoisotopic (exact) mass is 1150 g/mol. The SMILES string of the molecule is CC1=[C-]C(C)C=C1.CC1=[C-]C(C)C=C1.Cc1ccc2c(c1)[cH-]c1cc(C)ccc12.Cc1ccc2c(c1)[cH-]c1cc(C)ccc12.[Cl-].[Cl-].[Zr+2]=[C](c1ccccc1)c1ccccc1.[Zr+2]=[C](c1ccccc1)c1ccccc1. The molecular weight excluding hydrogens is 1090 g/mol. The van der Waals surface area contributed by atoms with Crippen LogP contribution in [-0.2, 0) is 48.5 Å². The molecule has 2 aliphatic carbocycles. The Morgan fingerprint density at radius 3 is 0.757 bits per heavy atom. The van der Waals surface area contributed by atoms with Gasteiger partial charge in [0.05, 0.1) is 0 Å². The van der Waals surface area contributed by atoms with Crippen LogP contribution in [-0.4, -0.2) is 6.41 Å². The maximum absolute atomic E-state index is 3.22. The molecule has 0 spiro atoms. The summed E-state index contributed by atoms with van der Waals surface area (Å²) in [7, 11) is 0. The van der Waals surface area contributed by atoms with Crippen molar-refractivity contribution in [3.8, 4) is 0 Å². The first kappa shape index (κ1) is 59.4. The van der Waals surface area contributed by atoms with Gasteiger partial charge >= 0.3 is 198 Å². The van der Waals surface area contributed by atoms with Crippen LogP contribution >= 0.6 is 0 Å². The van der Waals surface area contributed by atoms with Gasteiger partial charge in [-0.3, -0.25) is 12.2 Å². The van der Waals surface area contributed by atoms with Crippen LogP contribution in [0.25, 0.3) is 43.1 Å². The quantitative estimate of drug-likeness (QED) is 0.154. The zero-order valence-corrected chi connectivity index (χ0v) is 50.3. The van der Waals surface area contributed by atoms with Gasteiger partial charge in [-0.25, -0.2) is 23.3 Å². The molecule has 368 valence electrons. The van der Waals surface area contributed by atoms with Gasteiger partial charge in [-0.15, -0.1) is 79.5 Å².